The fourth-order valence-corrected chi connectivity index (χ4v) is 2.69. The highest BCUT2D eigenvalue weighted by Gasteiger charge is 2.03. The lowest BCUT2D eigenvalue weighted by Crippen LogP contribution is -1.88. The van der Waals surface area contributed by atoms with Gasteiger partial charge in [0.25, 0.3) is 0 Å². The number of thioether (sulfide) groups is 1. The number of nitrogens with zero attached hydrogens (tertiary/aromatic N) is 2. The molecule has 0 unspecified atom stereocenters. The van der Waals surface area contributed by atoms with E-state index in [-0.39, 0.29) is 0 Å². The molecular weight excluding hydrogens is 300 g/mol. The van der Waals surface area contributed by atoms with Crippen LogP contribution in [0.15, 0.2) is 46.3 Å². The molecular formula is C12H11BrN2OS. The number of rotatable bonds is 4. The van der Waals surface area contributed by atoms with Gasteiger partial charge >= 0.3 is 0 Å². The van der Waals surface area contributed by atoms with Crippen LogP contribution in [0.25, 0.3) is 0 Å². The standard InChI is InChI=1S/C12H11BrN2OS/c1-16-10-2-3-11(13)9(6-10)8-17-12-7-14-4-5-15-12/h2-7H,8H2,1H3. The van der Waals surface area contributed by atoms with Gasteiger partial charge in [-0.2, -0.15) is 0 Å². The maximum Gasteiger partial charge on any atom is 0.119 e. The topological polar surface area (TPSA) is 35.0 Å². The molecule has 0 radical (unpaired) electrons. The monoisotopic (exact) mass is 310 g/mol. The second-order valence-electron chi connectivity index (χ2n) is 3.29. The Labute approximate surface area is 113 Å². The van der Waals surface area contributed by atoms with E-state index in [9.17, 15) is 0 Å². The van der Waals surface area contributed by atoms with E-state index >= 15 is 0 Å². The highest BCUT2D eigenvalue weighted by atomic mass is 79.9. The molecule has 0 N–H and O–H groups in total. The molecule has 1 aromatic heterocycles. The van der Waals surface area contributed by atoms with Crippen LogP contribution < -0.4 is 4.74 Å². The first-order chi connectivity index (χ1) is 8.29. The summed E-state index contributed by atoms with van der Waals surface area (Å²) < 4.78 is 6.28. The molecule has 0 bridgehead atoms. The third kappa shape index (κ3) is 3.44. The summed E-state index contributed by atoms with van der Waals surface area (Å²) in [5.41, 5.74) is 1.18. The normalized spacial score (nSPS) is 10.2. The summed E-state index contributed by atoms with van der Waals surface area (Å²) in [7, 11) is 1.67. The predicted octanol–water partition coefficient (Wildman–Crippen LogP) is 3.54. The summed E-state index contributed by atoms with van der Waals surface area (Å²) in [6.07, 6.45) is 5.13. The first-order valence-corrected chi connectivity index (χ1v) is 6.78. The molecule has 2 aromatic rings. The van der Waals surface area contributed by atoms with E-state index in [0.717, 1.165) is 21.0 Å². The van der Waals surface area contributed by atoms with Gasteiger partial charge in [0.1, 0.15) is 10.8 Å². The quantitative estimate of drug-likeness (QED) is 0.809. The zero-order chi connectivity index (χ0) is 12.1. The summed E-state index contributed by atoms with van der Waals surface area (Å²) in [5, 5.41) is 0.919. The van der Waals surface area contributed by atoms with Crippen molar-refractivity contribution in [3.05, 3.63) is 46.8 Å². The van der Waals surface area contributed by atoms with E-state index in [1.54, 1.807) is 37.5 Å². The smallest absolute Gasteiger partial charge is 0.119 e. The highest BCUT2D eigenvalue weighted by molar-refractivity contribution is 9.10. The minimum Gasteiger partial charge on any atom is -0.497 e. The van der Waals surface area contributed by atoms with Crippen molar-refractivity contribution in [1.82, 2.24) is 9.97 Å². The molecule has 5 heteroatoms. The van der Waals surface area contributed by atoms with Gasteiger partial charge in [0.05, 0.1) is 13.3 Å². The molecule has 17 heavy (non-hydrogen) atoms. The fourth-order valence-electron chi connectivity index (χ4n) is 1.30. The van der Waals surface area contributed by atoms with E-state index in [1.165, 1.54) is 5.56 Å². The largest absolute Gasteiger partial charge is 0.497 e. The average Bonchev–Trinajstić information content (AvgIpc) is 2.39. The average molecular weight is 311 g/mol. The van der Waals surface area contributed by atoms with Crippen LogP contribution in [0.2, 0.25) is 0 Å². The third-order valence-electron chi connectivity index (χ3n) is 2.17. The Bertz CT molecular complexity index is 493. The summed E-state index contributed by atoms with van der Waals surface area (Å²) in [4.78, 5) is 8.25. The minimum absolute atomic E-state index is 0.830. The molecule has 0 fully saturated rings. The van der Waals surface area contributed by atoms with Crippen LogP contribution in [0, 0.1) is 0 Å². The van der Waals surface area contributed by atoms with Crippen LogP contribution in [-0.4, -0.2) is 17.1 Å². The van der Waals surface area contributed by atoms with Gasteiger partial charge in [0, 0.05) is 22.6 Å². The third-order valence-corrected chi connectivity index (χ3v) is 3.90. The predicted molar refractivity (Wildman–Crippen MR) is 72.3 cm³/mol. The van der Waals surface area contributed by atoms with Crippen LogP contribution in [-0.2, 0) is 5.75 Å². The Morgan fingerprint density at radius 1 is 1.35 bits per heavy atom. The van der Waals surface area contributed by atoms with Crippen molar-refractivity contribution in [2.24, 2.45) is 0 Å². The molecule has 1 heterocycles. The van der Waals surface area contributed by atoms with Crippen molar-refractivity contribution >= 4 is 27.7 Å². The van der Waals surface area contributed by atoms with Crippen molar-refractivity contribution in [3.63, 3.8) is 0 Å². The molecule has 0 spiro atoms. The molecule has 1 aromatic carbocycles. The Morgan fingerprint density at radius 3 is 2.94 bits per heavy atom. The van der Waals surface area contributed by atoms with Crippen molar-refractivity contribution in [1.29, 1.82) is 0 Å². The Kier molecular flexibility index (Phi) is 4.39. The summed E-state index contributed by atoms with van der Waals surface area (Å²) in [6.45, 7) is 0. The summed E-state index contributed by atoms with van der Waals surface area (Å²) in [5.74, 6) is 1.69. The molecule has 0 saturated heterocycles. The van der Waals surface area contributed by atoms with E-state index in [2.05, 4.69) is 25.9 Å². The van der Waals surface area contributed by atoms with Gasteiger partial charge in [-0.05, 0) is 23.8 Å². The molecule has 0 amide bonds. The molecule has 0 saturated carbocycles. The number of benzene rings is 1. The molecule has 0 aliphatic heterocycles. The fraction of sp³-hybridized carbons (Fsp3) is 0.167. The van der Waals surface area contributed by atoms with Gasteiger partial charge < -0.3 is 4.74 Å². The van der Waals surface area contributed by atoms with Crippen LogP contribution in [0.1, 0.15) is 5.56 Å². The lowest BCUT2D eigenvalue weighted by molar-refractivity contribution is 0.414. The van der Waals surface area contributed by atoms with Gasteiger partial charge in [-0.15, -0.1) is 11.8 Å². The van der Waals surface area contributed by atoms with Gasteiger partial charge in [-0.1, -0.05) is 15.9 Å². The molecule has 0 aliphatic rings. The first kappa shape index (κ1) is 12.4. The first-order valence-electron chi connectivity index (χ1n) is 5.01. The highest BCUT2D eigenvalue weighted by Crippen LogP contribution is 2.28. The van der Waals surface area contributed by atoms with E-state index in [0.29, 0.717) is 0 Å². The lowest BCUT2D eigenvalue weighted by atomic mass is 10.2. The number of hydrogen-bond acceptors (Lipinski definition) is 4. The molecule has 3 nitrogen and oxygen atoms in total. The Hall–Kier alpha value is -1.07. The number of halogens is 1. The maximum atomic E-state index is 5.20. The van der Waals surface area contributed by atoms with Crippen molar-refractivity contribution in [2.75, 3.05) is 7.11 Å². The minimum atomic E-state index is 0.830. The number of hydrogen-bond donors (Lipinski definition) is 0. The van der Waals surface area contributed by atoms with E-state index in [4.69, 9.17) is 4.74 Å². The van der Waals surface area contributed by atoms with E-state index in [1.807, 2.05) is 18.2 Å². The number of aromatic nitrogens is 2. The van der Waals surface area contributed by atoms with Crippen LogP contribution in [0.5, 0.6) is 5.75 Å². The molecule has 88 valence electrons. The zero-order valence-corrected chi connectivity index (χ0v) is 11.7. The van der Waals surface area contributed by atoms with Crippen LogP contribution in [0.4, 0.5) is 0 Å². The van der Waals surface area contributed by atoms with Gasteiger partial charge in [0.2, 0.25) is 0 Å². The second-order valence-corrected chi connectivity index (χ2v) is 5.14. The van der Waals surface area contributed by atoms with Crippen LogP contribution >= 0.6 is 27.7 Å². The maximum absolute atomic E-state index is 5.20. The zero-order valence-electron chi connectivity index (χ0n) is 9.26. The van der Waals surface area contributed by atoms with Crippen molar-refractivity contribution < 1.29 is 4.74 Å². The Morgan fingerprint density at radius 2 is 2.24 bits per heavy atom. The van der Waals surface area contributed by atoms with Gasteiger partial charge in [-0.25, -0.2) is 4.98 Å². The SMILES string of the molecule is COc1ccc(Br)c(CSc2cnccn2)c1. The number of ether oxygens (including phenoxy) is 1. The molecule has 2 rings (SSSR count). The number of methoxy groups -OCH3 is 1. The van der Waals surface area contributed by atoms with Crippen molar-refractivity contribution in [3.8, 4) is 5.75 Å². The second kappa shape index (κ2) is 6.02. The Balaban J connectivity index is 2.08. The summed E-state index contributed by atoms with van der Waals surface area (Å²) in [6, 6.07) is 5.94. The van der Waals surface area contributed by atoms with E-state index < -0.39 is 0 Å². The van der Waals surface area contributed by atoms with Gasteiger partial charge in [0.15, 0.2) is 0 Å². The summed E-state index contributed by atoms with van der Waals surface area (Å²) >= 11 is 5.18. The molecule has 0 aliphatic carbocycles. The van der Waals surface area contributed by atoms with Crippen LogP contribution in [0.3, 0.4) is 0 Å². The lowest BCUT2D eigenvalue weighted by Gasteiger charge is -2.06. The molecule has 0 atom stereocenters. The van der Waals surface area contributed by atoms with Crippen molar-refractivity contribution in [2.45, 2.75) is 10.8 Å². The van der Waals surface area contributed by atoms with Gasteiger partial charge in [-0.3, -0.25) is 4.98 Å².